The zero-order valence-corrected chi connectivity index (χ0v) is 14.2. The van der Waals surface area contributed by atoms with E-state index in [-0.39, 0.29) is 24.6 Å². The van der Waals surface area contributed by atoms with Crippen LogP contribution in [0, 0.1) is 0 Å². The number of ether oxygens (including phenoxy) is 4. The number of allylic oxidation sites excluding steroid dienone is 1. The highest BCUT2D eigenvalue weighted by atomic mass is 16.7. The number of benzene rings is 2. The molecule has 0 amide bonds. The zero-order chi connectivity index (χ0) is 17.6. The zero-order valence-electron chi connectivity index (χ0n) is 14.2. The SMILES string of the molecule is C=CCc1cc2c(c3c1OC(c1ccc(O)c(OC)c1)C3C)OCO2. The van der Waals surface area contributed by atoms with Crippen LogP contribution >= 0.6 is 0 Å². The molecule has 5 nitrogen and oxygen atoms in total. The molecule has 2 aliphatic rings. The van der Waals surface area contributed by atoms with E-state index in [4.69, 9.17) is 18.9 Å². The van der Waals surface area contributed by atoms with E-state index in [1.165, 1.54) is 7.11 Å². The maximum Gasteiger partial charge on any atom is 0.231 e. The van der Waals surface area contributed by atoms with Crippen LogP contribution < -0.4 is 18.9 Å². The molecule has 0 saturated carbocycles. The highest BCUT2D eigenvalue weighted by Gasteiger charge is 2.39. The molecule has 2 aromatic carbocycles. The Kier molecular flexibility index (Phi) is 3.71. The maximum atomic E-state index is 9.84. The Balaban J connectivity index is 1.80. The monoisotopic (exact) mass is 340 g/mol. The lowest BCUT2D eigenvalue weighted by Crippen LogP contribution is -2.08. The number of rotatable bonds is 4. The molecular formula is C20H20O5. The van der Waals surface area contributed by atoms with Gasteiger partial charge in [-0.05, 0) is 30.2 Å². The minimum Gasteiger partial charge on any atom is -0.504 e. The second-order valence-electron chi connectivity index (χ2n) is 6.26. The predicted octanol–water partition coefficient (Wildman–Crippen LogP) is 4.10. The Morgan fingerprint density at radius 3 is 2.88 bits per heavy atom. The average Bonchev–Trinajstić information content (AvgIpc) is 3.20. The van der Waals surface area contributed by atoms with Crippen molar-refractivity contribution in [2.45, 2.75) is 25.4 Å². The van der Waals surface area contributed by atoms with Crippen LogP contribution in [-0.4, -0.2) is 19.0 Å². The average molecular weight is 340 g/mol. The van der Waals surface area contributed by atoms with Crippen molar-refractivity contribution in [1.82, 2.24) is 0 Å². The number of aromatic hydroxyl groups is 1. The first kappa shape index (κ1) is 15.7. The van der Waals surface area contributed by atoms with E-state index < -0.39 is 0 Å². The Morgan fingerprint density at radius 2 is 2.12 bits per heavy atom. The molecule has 0 fully saturated rings. The van der Waals surface area contributed by atoms with Crippen LogP contribution in [0.15, 0.2) is 36.9 Å². The van der Waals surface area contributed by atoms with Gasteiger partial charge in [0.25, 0.3) is 0 Å². The van der Waals surface area contributed by atoms with E-state index in [2.05, 4.69) is 13.5 Å². The number of phenols is 1. The Labute approximate surface area is 146 Å². The summed E-state index contributed by atoms with van der Waals surface area (Å²) in [5.74, 6) is 2.98. The fourth-order valence-electron chi connectivity index (χ4n) is 3.57. The molecule has 1 N–H and O–H groups in total. The molecule has 2 aliphatic heterocycles. The predicted molar refractivity (Wildman–Crippen MR) is 92.9 cm³/mol. The largest absolute Gasteiger partial charge is 0.504 e. The summed E-state index contributed by atoms with van der Waals surface area (Å²) < 4.78 is 22.9. The van der Waals surface area contributed by atoms with E-state index in [0.717, 1.165) is 33.9 Å². The minimum atomic E-state index is -0.191. The van der Waals surface area contributed by atoms with E-state index in [0.29, 0.717) is 12.2 Å². The lowest BCUT2D eigenvalue weighted by Gasteiger charge is -2.17. The summed E-state index contributed by atoms with van der Waals surface area (Å²) in [5.41, 5.74) is 3.01. The third-order valence-electron chi connectivity index (χ3n) is 4.78. The van der Waals surface area contributed by atoms with Gasteiger partial charge in [0, 0.05) is 17.0 Å². The Morgan fingerprint density at radius 1 is 1.28 bits per heavy atom. The summed E-state index contributed by atoms with van der Waals surface area (Å²) in [6, 6.07) is 7.26. The lowest BCUT2D eigenvalue weighted by molar-refractivity contribution is 0.172. The molecule has 0 radical (unpaired) electrons. The molecular weight excluding hydrogens is 320 g/mol. The third kappa shape index (κ3) is 2.38. The van der Waals surface area contributed by atoms with Crippen LogP contribution in [-0.2, 0) is 6.42 Å². The molecule has 4 rings (SSSR count). The van der Waals surface area contributed by atoms with E-state index in [1.54, 1.807) is 6.07 Å². The number of hydrogen-bond donors (Lipinski definition) is 1. The second kappa shape index (κ2) is 5.92. The van der Waals surface area contributed by atoms with Gasteiger partial charge in [0.05, 0.1) is 7.11 Å². The Bertz CT molecular complexity index is 842. The number of fused-ring (bicyclic) bond motifs is 3. The number of methoxy groups -OCH3 is 1. The third-order valence-corrected chi connectivity index (χ3v) is 4.78. The molecule has 0 aromatic heterocycles. The van der Waals surface area contributed by atoms with Crippen LogP contribution in [0.3, 0.4) is 0 Å². The van der Waals surface area contributed by atoms with E-state index in [1.807, 2.05) is 24.3 Å². The molecule has 2 aromatic rings. The van der Waals surface area contributed by atoms with Gasteiger partial charge >= 0.3 is 0 Å². The maximum absolute atomic E-state index is 9.84. The number of phenolic OH excluding ortho intramolecular Hbond substituents is 1. The van der Waals surface area contributed by atoms with E-state index >= 15 is 0 Å². The van der Waals surface area contributed by atoms with Crippen LogP contribution in [0.5, 0.6) is 28.7 Å². The van der Waals surface area contributed by atoms with Gasteiger partial charge in [-0.1, -0.05) is 19.1 Å². The van der Waals surface area contributed by atoms with Gasteiger partial charge in [0.1, 0.15) is 11.9 Å². The van der Waals surface area contributed by atoms with Gasteiger partial charge in [-0.25, -0.2) is 0 Å². The Hall–Kier alpha value is -2.82. The van der Waals surface area contributed by atoms with Crippen molar-refractivity contribution in [3.8, 4) is 28.7 Å². The fourth-order valence-corrected chi connectivity index (χ4v) is 3.57. The van der Waals surface area contributed by atoms with Gasteiger partial charge in [-0.3, -0.25) is 0 Å². The summed E-state index contributed by atoms with van der Waals surface area (Å²) in [5, 5.41) is 9.84. The standard InChI is InChI=1S/C20H20O5/c1-4-5-12-9-16-20(24-10-23-16)17-11(2)18(25-19(12)17)13-6-7-14(21)15(8-13)22-3/h4,6-9,11,18,21H,1,5,10H2,2-3H3. The van der Waals surface area contributed by atoms with Crippen molar-refractivity contribution in [1.29, 1.82) is 0 Å². The summed E-state index contributed by atoms with van der Waals surface area (Å²) >= 11 is 0. The fraction of sp³-hybridized carbons (Fsp3) is 0.300. The van der Waals surface area contributed by atoms with E-state index in [9.17, 15) is 5.11 Å². The first-order valence-corrected chi connectivity index (χ1v) is 8.23. The van der Waals surface area contributed by atoms with Crippen LogP contribution in [0.25, 0.3) is 0 Å². The normalized spacial score (nSPS) is 20.1. The molecule has 0 aliphatic carbocycles. The summed E-state index contributed by atoms with van der Waals surface area (Å²) in [4.78, 5) is 0. The molecule has 0 bridgehead atoms. The second-order valence-corrected chi connectivity index (χ2v) is 6.26. The molecule has 0 spiro atoms. The van der Waals surface area contributed by atoms with Crippen molar-refractivity contribution >= 4 is 0 Å². The highest BCUT2D eigenvalue weighted by molar-refractivity contribution is 5.63. The topological polar surface area (TPSA) is 57.2 Å². The van der Waals surface area contributed by atoms with Crippen molar-refractivity contribution in [3.63, 3.8) is 0 Å². The van der Waals surface area contributed by atoms with Gasteiger partial charge in [-0.15, -0.1) is 6.58 Å². The van der Waals surface area contributed by atoms with Crippen molar-refractivity contribution in [2.24, 2.45) is 0 Å². The van der Waals surface area contributed by atoms with Gasteiger partial charge in [-0.2, -0.15) is 0 Å². The molecule has 25 heavy (non-hydrogen) atoms. The van der Waals surface area contributed by atoms with Crippen LogP contribution in [0.1, 0.15) is 35.6 Å². The molecule has 130 valence electrons. The van der Waals surface area contributed by atoms with Crippen molar-refractivity contribution < 1.29 is 24.1 Å². The van der Waals surface area contributed by atoms with Gasteiger partial charge in [0.2, 0.25) is 6.79 Å². The van der Waals surface area contributed by atoms with Crippen LogP contribution in [0.2, 0.25) is 0 Å². The number of hydrogen-bond acceptors (Lipinski definition) is 5. The smallest absolute Gasteiger partial charge is 0.231 e. The van der Waals surface area contributed by atoms with Gasteiger partial charge < -0.3 is 24.1 Å². The molecule has 0 saturated heterocycles. The van der Waals surface area contributed by atoms with Crippen molar-refractivity contribution in [2.75, 3.05) is 13.9 Å². The molecule has 2 unspecified atom stereocenters. The molecule has 2 atom stereocenters. The first-order chi connectivity index (χ1) is 12.1. The molecule has 5 heteroatoms. The van der Waals surface area contributed by atoms with Gasteiger partial charge in [0.15, 0.2) is 23.0 Å². The quantitative estimate of drug-likeness (QED) is 0.850. The first-order valence-electron chi connectivity index (χ1n) is 8.23. The summed E-state index contributed by atoms with van der Waals surface area (Å²) in [6.45, 7) is 6.16. The van der Waals surface area contributed by atoms with Crippen LogP contribution in [0.4, 0.5) is 0 Å². The van der Waals surface area contributed by atoms with Crippen molar-refractivity contribution in [3.05, 3.63) is 53.6 Å². The lowest BCUT2D eigenvalue weighted by atomic mass is 9.90. The molecule has 2 heterocycles. The highest BCUT2D eigenvalue weighted by Crippen LogP contribution is 2.56. The minimum absolute atomic E-state index is 0.0736. The summed E-state index contributed by atoms with van der Waals surface area (Å²) in [6.07, 6.45) is 2.35. The summed E-state index contributed by atoms with van der Waals surface area (Å²) in [7, 11) is 1.53.